The lowest BCUT2D eigenvalue weighted by atomic mass is 9.68. The van der Waals surface area contributed by atoms with Crippen molar-refractivity contribution in [2.45, 2.75) is 44.9 Å². The van der Waals surface area contributed by atoms with E-state index in [0.717, 1.165) is 13.1 Å². The predicted molar refractivity (Wildman–Crippen MR) is 57.6 cm³/mol. The van der Waals surface area contributed by atoms with E-state index in [9.17, 15) is 4.79 Å². The molecular weight excluding hydrogens is 198 g/mol. The molecule has 0 aromatic carbocycles. The highest BCUT2D eigenvalue weighted by Gasteiger charge is 2.36. The van der Waals surface area contributed by atoms with E-state index in [2.05, 4.69) is 0 Å². The predicted octanol–water partition coefficient (Wildman–Crippen LogP) is 3.39. The Morgan fingerprint density at radius 1 is 1.00 bits per heavy atom. The lowest BCUT2D eigenvalue weighted by Gasteiger charge is -2.43. The molecule has 14 heavy (non-hydrogen) atoms. The summed E-state index contributed by atoms with van der Waals surface area (Å²) in [6.07, 6.45) is 9.26. The largest absolute Gasteiger partial charge is 0.329 e. The SMILES string of the molecule is O=C(Cl)N1CCC2(CCCCC2)CC1. The summed E-state index contributed by atoms with van der Waals surface area (Å²) in [6, 6.07) is 0. The van der Waals surface area contributed by atoms with Crippen molar-refractivity contribution in [2.24, 2.45) is 5.41 Å². The summed E-state index contributed by atoms with van der Waals surface area (Å²) >= 11 is 5.47. The second-order valence-electron chi connectivity index (χ2n) is 4.80. The van der Waals surface area contributed by atoms with Crippen LogP contribution in [-0.2, 0) is 0 Å². The molecule has 1 saturated carbocycles. The minimum atomic E-state index is -0.268. The molecule has 0 aromatic rings. The fourth-order valence-electron chi connectivity index (χ4n) is 2.96. The Morgan fingerprint density at radius 2 is 1.57 bits per heavy atom. The van der Waals surface area contributed by atoms with Crippen LogP contribution < -0.4 is 0 Å². The van der Waals surface area contributed by atoms with Gasteiger partial charge in [0.25, 0.3) is 0 Å². The fraction of sp³-hybridized carbons (Fsp3) is 0.909. The Kier molecular flexibility index (Phi) is 3.01. The van der Waals surface area contributed by atoms with E-state index in [1.165, 1.54) is 44.9 Å². The van der Waals surface area contributed by atoms with Gasteiger partial charge in [-0.1, -0.05) is 19.3 Å². The highest BCUT2D eigenvalue weighted by Crippen LogP contribution is 2.44. The van der Waals surface area contributed by atoms with Crippen LogP contribution in [0.4, 0.5) is 4.79 Å². The Bertz CT molecular complexity index is 213. The van der Waals surface area contributed by atoms with Crippen molar-refractivity contribution in [3.63, 3.8) is 0 Å². The number of amides is 1. The van der Waals surface area contributed by atoms with Crippen LogP contribution >= 0.6 is 11.6 Å². The van der Waals surface area contributed by atoms with Gasteiger partial charge in [0.2, 0.25) is 0 Å². The second kappa shape index (κ2) is 4.09. The van der Waals surface area contributed by atoms with E-state index in [4.69, 9.17) is 11.6 Å². The molecule has 2 nitrogen and oxygen atoms in total. The van der Waals surface area contributed by atoms with Gasteiger partial charge in [0.1, 0.15) is 0 Å². The van der Waals surface area contributed by atoms with Crippen molar-refractivity contribution in [3.05, 3.63) is 0 Å². The number of piperidine rings is 1. The number of nitrogens with zero attached hydrogens (tertiary/aromatic N) is 1. The van der Waals surface area contributed by atoms with Crippen molar-refractivity contribution >= 4 is 17.0 Å². The lowest BCUT2D eigenvalue weighted by molar-refractivity contribution is 0.0876. The summed E-state index contributed by atoms with van der Waals surface area (Å²) in [7, 11) is 0. The number of carbonyl (C=O) groups is 1. The highest BCUT2D eigenvalue weighted by molar-refractivity contribution is 6.62. The molecule has 0 aromatic heterocycles. The van der Waals surface area contributed by atoms with E-state index < -0.39 is 0 Å². The zero-order valence-corrected chi connectivity index (χ0v) is 9.35. The average Bonchev–Trinajstić information content (AvgIpc) is 2.19. The molecule has 1 aliphatic carbocycles. The minimum Gasteiger partial charge on any atom is -0.329 e. The van der Waals surface area contributed by atoms with Gasteiger partial charge in [0.05, 0.1) is 0 Å². The van der Waals surface area contributed by atoms with Gasteiger partial charge in [-0.2, -0.15) is 0 Å². The number of likely N-dealkylation sites (tertiary alicyclic amines) is 1. The van der Waals surface area contributed by atoms with Crippen LogP contribution in [0.25, 0.3) is 0 Å². The van der Waals surface area contributed by atoms with E-state index in [1.54, 1.807) is 4.90 Å². The van der Waals surface area contributed by atoms with Crippen LogP contribution in [0.15, 0.2) is 0 Å². The Hall–Kier alpha value is -0.240. The van der Waals surface area contributed by atoms with Crippen LogP contribution in [-0.4, -0.2) is 23.4 Å². The Morgan fingerprint density at radius 3 is 2.07 bits per heavy atom. The van der Waals surface area contributed by atoms with Gasteiger partial charge in [0.15, 0.2) is 0 Å². The molecule has 2 aliphatic rings. The molecule has 1 heterocycles. The first-order valence-electron chi connectivity index (χ1n) is 5.66. The highest BCUT2D eigenvalue weighted by atomic mass is 35.5. The second-order valence-corrected chi connectivity index (χ2v) is 5.12. The van der Waals surface area contributed by atoms with E-state index >= 15 is 0 Å². The number of hydrogen-bond acceptors (Lipinski definition) is 1. The first-order chi connectivity index (χ1) is 6.72. The average molecular weight is 216 g/mol. The van der Waals surface area contributed by atoms with E-state index in [0.29, 0.717) is 5.41 Å². The van der Waals surface area contributed by atoms with Gasteiger partial charge >= 0.3 is 5.37 Å². The topological polar surface area (TPSA) is 20.3 Å². The van der Waals surface area contributed by atoms with Crippen LogP contribution in [0.2, 0.25) is 0 Å². The zero-order chi connectivity index (χ0) is 10.0. The van der Waals surface area contributed by atoms with Crippen molar-refractivity contribution in [3.8, 4) is 0 Å². The summed E-state index contributed by atoms with van der Waals surface area (Å²) in [5.41, 5.74) is 0.571. The Labute approximate surface area is 90.6 Å². The van der Waals surface area contributed by atoms with Crippen LogP contribution in [0.5, 0.6) is 0 Å². The molecule has 2 fully saturated rings. The van der Waals surface area contributed by atoms with E-state index in [1.807, 2.05) is 0 Å². The quantitative estimate of drug-likeness (QED) is 0.448. The van der Waals surface area contributed by atoms with E-state index in [-0.39, 0.29) is 5.37 Å². The van der Waals surface area contributed by atoms with Crippen LogP contribution in [0, 0.1) is 5.41 Å². The van der Waals surface area contributed by atoms with Crippen molar-refractivity contribution < 1.29 is 4.79 Å². The molecule has 1 saturated heterocycles. The summed E-state index contributed by atoms with van der Waals surface area (Å²) < 4.78 is 0. The van der Waals surface area contributed by atoms with Crippen molar-refractivity contribution in [1.29, 1.82) is 0 Å². The summed E-state index contributed by atoms with van der Waals surface area (Å²) in [5, 5.41) is -0.268. The molecule has 1 spiro atoms. The summed E-state index contributed by atoms with van der Waals surface area (Å²) in [4.78, 5) is 12.7. The molecule has 1 aliphatic heterocycles. The van der Waals surface area contributed by atoms with Gasteiger partial charge in [0, 0.05) is 13.1 Å². The monoisotopic (exact) mass is 215 g/mol. The first kappa shape index (κ1) is 10.3. The summed E-state index contributed by atoms with van der Waals surface area (Å²) in [5.74, 6) is 0. The number of carbonyl (C=O) groups excluding carboxylic acids is 1. The third-order valence-electron chi connectivity index (χ3n) is 3.99. The van der Waals surface area contributed by atoms with Gasteiger partial charge < -0.3 is 4.90 Å². The van der Waals surface area contributed by atoms with Gasteiger partial charge in [-0.15, -0.1) is 0 Å². The van der Waals surface area contributed by atoms with Crippen molar-refractivity contribution in [1.82, 2.24) is 4.90 Å². The fourth-order valence-corrected chi connectivity index (χ4v) is 3.13. The van der Waals surface area contributed by atoms with Gasteiger partial charge in [-0.05, 0) is 42.7 Å². The Balaban J connectivity index is 1.90. The minimum absolute atomic E-state index is 0.268. The normalized spacial score (nSPS) is 26.5. The molecule has 3 heteroatoms. The molecule has 0 N–H and O–H groups in total. The molecule has 1 amide bonds. The first-order valence-corrected chi connectivity index (χ1v) is 6.04. The molecule has 2 rings (SSSR count). The maximum absolute atomic E-state index is 11.0. The summed E-state index contributed by atoms with van der Waals surface area (Å²) in [6.45, 7) is 1.75. The number of rotatable bonds is 0. The molecular formula is C11H18ClNO. The third kappa shape index (κ3) is 2.05. The maximum atomic E-state index is 11.0. The lowest BCUT2D eigenvalue weighted by Crippen LogP contribution is -2.42. The standard InChI is InChI=1S/C11H18ClNO/c12-10(14)13-8-6-11(7-9-13)4-2-1-3-5-11/h1-9H2. The van der Waals surface area contributed by atoms with Gasteiger partial charge in [-0.3, -0.25) is 4.79 Å². The molecule has 80 valence electrons. The smallest absolute Gasteiger partial charge is 0.316 e. The zero-order valence-electron chi connectivity index (χ0n) is 8.60. The van der Waals surface area contributed by atoms with Gasteiger partial charge in [-0.25, -0.2) is 0 Å². The number of halogens is 1. The molecule has 0 unspecified atom stereocenters. The number of hydrogen-bond donors (Lipinski definition) is 0. The van der Waals surface area contributed by atoms with Crippen molar-refractivity contribution in [2.75, 3.05) is 13.1 Å². The van der Waals surface area contributed by atoms with Crippen LogP contribution in [0.3, 0.4) is 0 Å². The molecule has 0 radical (unpaired) electrons. The molecule has 0 bridgehead atoms. The molecule has 0 atom stereocenters. The third-order valence-corrected chi connectivity index (χ3v) is 4.23. The maximum Gasteiger partial charge on any atom is 0.316 e. The van der Waals surface area contributed by atoms with Crippen LogP contribution in [0.1, 0.15) is 44.9 Å².